The maximum Gasteiger partial charge on any atom is 0.213 e. The minimum absolute atomic E-state index is 0.00125. The minimum Gasteiger partial charge on any atom is -0.475 e. The predicted octanol–water partition coefficient (Wildman–Crippen LogP) is 4.47. The molecule has 0 atom stereocenters. The predicted molar refractivity (Wildman–Crippen MR) is 135 cm³/mol. The van der Waals surface area contributed by atoms with Crippen LogP contribution in [0.2, 0.25) is 0 Å². The number of aromatic nitrogens is 3. The fourth-order valence-electron chi connectivity index (χ4n) is 3.22. The molecule has 1 aromatic carbocycles. The third-order valence-corrected chi connectivity index (χ3v) is 6.58. The number of benzene rings is 1. The second-order valence-corrected chi connectivity index (χ2v) is 9.00. The summed E-state index contributed by atoms with van der Waals surface area (Å²) < 4.78 is 18.7. The first-order valence-electron chi connectivity index (χ1n) is 10.5. The Bertz CT molecular complexity index is 1460. The number of nitrogens with zero attached hydrogens (tertiary/aromatic N) is 5. The fourth-order valence-corrected chi connectivity index (χ4v) is 4.94. The number of rotatable bonds is 9. The van der Waals surface area contributed by atoms with Gasteiger partial charge in [0.1, 0.15) is 41.0 Å². The number of halogens is 1. The normalized spacial score (nSPS) is 10.4. The summed E-state index contributed by atoms with van der Waals surface area (Å²) in [5.74, 6) is 0.341. The van der Waals surface area contributed by atoms with E-state index in [1.807, 2.05) is 11.4 Å². The van der Waals surface area contributed by atoms with Crippen molar-refractivity contribution in [3.63, 3.8) is 0 Å². The van der Waals surface area contributed by atoms with Crippen LogP contribution in [0.4, 0.5) is 21.0 Å². The van der Waals surface area contributed by atoms with Crippen LogP contribution in [0.5, 0.6) is 5.88 Å². The summed E-state index contributed by atoms with van der Waals surface area (Å²) in [4.78, 5) is 13.0. The van der Waals surface area contributed by atoms with Gasteiger partial charge in [0.25, 0.3) is 0 Å². The molecule has 3 heterocycles. The van der Waals surface area contributed by atoms with Crippen molar-refractivity contribution in [1.82, 2.24) is 15.0 Å². The molecule has 0 saturated heterocycles. The Morgan fingerprint density at radius 2 is 2.00 bits per heavy atom. The summed E-state index contributed by atoms with van der Waals surface area (Å²) in [6, 6.07) is 13.5. The number of hydrogen-bond donors (Lipinski definition) is 3. The summed E-state index contributed by atoms with van der Waals surface area (Å²) in [6.45, 7) is -0.0538. The Kier molecular flexibility index (Phi) is 7.92. The molecular weight excluding hydrogens is 501 g/mol. The van der Waals surface area contributed by atoms with Crippen molar-refractivity contribution in [3.05, 3.63) is 70.6 Å². The molecule has 4 rings (SSSR count). The molecule has 0 aliphatic heterocycles. The van der Waals surface area contributed by atoms with E-state index in [4.69, 9.17) is 15.6 Å². The van der Waals surface area contributed by atoms with E-state index in [-0.39, 0.29) is 36.0 Å². The average molecular weight is 520 g/mol. The van der Waals surface area contributed by atoms with Gasteiger partial charge in [0.05, 0.1) is 17.9 Å². The topological polar surface area (TPSA) is 154 Å². The van der Waals surface area contributed by atoms with Crippen LogP contribution in [0.15, 0.2) is 53.0 Å². The highest BCUT2D eigenvalue weighted by molar-refractivity contribution is 7.98. The Balaban J connectivity index is 1.58. The number of aliphatic hydroxyl groups is 1. The molecule has 3 aromatic heterocycles. The Hall–Kier alpha value is -4.23. The SMILES string of the molecule is N#Cc1c(N)nc(SCc2csc(Nc3cccc(F)c3)n2)c(C#N)c1-c1ccc(OCCO)nc1. The summed E-state index contributed by atoms with van der Waals surface area (Å²) in [7, 11) is 0. The summed E-state index contributed by atoms with van der Waals surface area (Å²) in [6.07, 6.45) is 1.47. The van der Waals surface area contributed by atoms with Crippen LogP contribution in [-0.4, -0.2) is 33.3 Å². The number of anilines is 3. The van der Waals surface area contributed by atoms with Gasteiger partial charge in [-0.2, -0.15) is 10.5 Å². The zero-order chi connectivity index (χ0) is 25.5. The van der Waals surface area contributed by atoms with E-state index in [2.05, 4.69) is 26.3 Å². The van der Waals surface area contributed by atoms with Gasteiger partial charge in [-0.05, 0) is 24.3 Å². The highest BCUT2D eigenvalue weighted by Gasteiger charge is 2.21. The molecular formula is C24H18FN7O2S2. The molecule has 180 valence electrons. The molecule has 36 heavy (non-hydrogen) atoms. The molecule has 12 heteroatoms. The molecule has 0 radical (unpaired) electrons. The summed E-state index contributed by atoms with van der Waals surface area (Å²) in [5.41, 5.74) is 8.51. The van der Waals surface area contributed by atoms with E-state index >= 15 is 0 Å². The van der Waals surface area contributed by atoms with E-state index < -0.39 is 0 Å². The van der Waals surface area contributed by atoms with Crippen LogP contribution in [0.3, 0.4) is 0 Å². The van der Waals surface area contributed by atoms with Crippen molar-refractivity contribution in [2.75, 3.05) is 24.3 Å². The van der Waals surface area contributed by atoms with Crippen molar-refractivity contribution >= 4 is 39.7 Å². The monoisotopic (exact) mass is 519 g/mol. The molecule has 4 N–H and O–H groups in total. The molecule has 0 saturated carbocycles. The number of thiazole rings is 1. The quantitative estimate of drug-likeness (QED) is 0.270. The number of thioether (sulfide) groups is 1. The Morgan fingerprint density at radius 1 is 1.17 bits per heavy atom. The molecule has 0 fully saturated rings. The lowest BCUT2D eigenvalue weighted by Crippen LogP contribution is -2.05. The third-order valence-electron chi connectivity index (χ3n) is 4.77. The third kappa shape index (κ3) is 5.70. The number of aliphatic hydroxyl groups excluding tert-OH is 1. The van der Waals surface area contributed by atoms with Crippen LogP contribution in [-0.2, 0) is 5.75 Å². The number of nitrogen functional groups attached to an aromatic ring is 1. The van der Waals surface area contributed by atoms with Gasteiger partial charge in [0, 0.05) is 40.2 Å². The molecule has 0 aliphatic carbocycles. The standard InChI is InChI=1S/C24H18FN7O2S2/c25-15-2-1-3-16(8-15)30-24-31-17(13-36-24)12-35-23-19(10-27)21(18(9-26)22(28)32-23)14-4-5-20(29-11-14)34-7-6-33/h1-5,8,11,13,33H,6-7,12H2,(H2,28,32)(H,30,31). The van der Waals surface area contributed by atoms with Crippen molar-refractivity contribution in [2.45, 2.75) is 10.8 Å². The first-order chi connectivity index (χ1) is 17.5. The number of nitriles is 2. The second kappa shape index (κ2) is 11.5. The van der Waals surface area contributed by atoms with Gasteiger partial charge in [0.2, 0.25) is 5.88 Å². The van der Waals surface area contributed by atoms with Crippen molar-refractivity contribution < 1.29 is 14.2 Å². The van der Waals surface area contributed by atoms with E-state index in [9.17, 15) is 14.9 Å². The molecule has 0 amide bonds. The minimum atomic E-state index is -0.348. The summed E-state index contributed by atoms with van der Waals surface area (Å²) >= 11 is 2.63. The van der Waals surface area contributed by atoms with Gasteiger partial charge >= 0.3 is 0 Å². The maximum atomic E-state index is 13.4. The number of nitrogens with one attached hydrogen (secondary N) is 1. The smallest absolute Gasteiger partial charge is 0.213 e. The molecule has 0 spiro atoms. The number of pyridine rings is 2. The number of nitrogens with two attached hydrogens (primary N) is 1. The lowest BCUT2D eigenvalue weighted by Gasteiger charge is -2.13. The van der Waals surface area contributed by atoms with E-state index in [0.29, 0.717) is 38.6 Å². The van der Waals surface area contributed by atoms with Crippen LogP contribution >= 0.6 is 23.1 Å². The van der Waals surface area contributed by atoms with Crippen LogP contribution in [0, 0.1) is 28.5 Å². The van der Waals surface area contributed by atoms with Gasteiger partial charge in [-0.25, -0.2) is 19.3 Å². The van der Waals surface area contributed by atoms with Crippen molar-refractivity contribution in [2.24, 2.45) is 0 Å². The van der Waals surface area contributed by atoms with Gasteiger partial charge in [-0.15, -0.1) is 11.3 Å². The lowest BCUT2D eigenvalue weighted by molar-refractivity contribution is 0.196. The zero-order valence-corrected chi connectivity index (χ0v) is 20.2. The van der Waals surface area contributed by atoms with E-state index in [1.165, 1.54) is 41.4 Å². The van der Waals surface area contributed by atoms with Crippen LogP contribution in [0.25, 0.3) is 11.1 Å². The molecule has 4 aromatic rings. The van der Waals surface area contributed by atoms with Crippen molar-refractivity contribution in [1.29, 1.82) is 10.5 Å². The largest absolute Gasteiger partial charge is 0.475 e. The molecule has 0 unspecified atom stereocenters. The van der Waals surface area contributed by atoms with Crippen LogP contribution in [0.1, 0.15) is 16.8 Å². The fraction of sp³-hybridized carbons (Fsp3) is 0.125. The number of hydrogen-bond acceptors (Lipinski definition) is 11. The van der Waals surface area contributed by atoms with Gasteiger partial charge in [-0.3, -0.25) is 0 Å². The zero-order valence-electron chi connectivity index (χ0n) is 18.6. The van der Waals surface area contributed by atoms with Gasteiger partial charge < -0.3 is 20.9 Å². The van der Waals surface area contributed by atoms with Crippen molar-refractivity contribution in [3.8, 4) is 29.1 Å². The molecule has 0 aliphatic rings. The maximum absolute atomic E-state index is 13.4. The highest BCUT2D eigenvalue weighted by Crippen LogP contribution is 2.37. The number of ether oxygens (including phenoxy) is 1. The first-order valence-corrected chi connectivity index (χ1v) is 12.3. The Labute approximate surface area is 214 Å². The van der Waals surface area contributed by atoms with Gasteiger partial charge in [0.15, 0.2) is 5.13 Å². The van der Waals surface area contributed by atoms with E-state index in [0.717, 1.165) is 5.69 Å². The Morgan fingerprint density at radius 3 is 2.69 bits per heavy atom. The highest BCUT2D eigenvalue weighted by atomic mass is 32.2. The second-order valence-electron chi connectivity index (χ2n) is 7.18. The lowest BCUT2D eigenvalue weighted by atomic mass is 9.98. The van der Waals surface area contributed by atoms with Crippen LogP contribution < -0.4 is 15.8 Å². The average Bonchev–Trinajstić information content (AvgIpc) is 3.33. The first kappa shape index (κ1) is 24.9. The molecule has 9 nitrogen and oxygen atoms in total. The van der Waals surface area contributed by atoms with Gasteiger partial charge in [-0.1, -0.05) is 17.8 Å². The molecule has 0 bridgehead atoms. The summed E-state index contributed by atoms with van der Waals surface area (Å²) in [5, 5.41) is 34.4. The van der Waals surface area contributed by atoms with E-state index in [1.54, 1.807) is 24.3 Å².